The van der Waals surface area contributed by atoms with E-state index in [-0.39, 0.29) is 0 Å². The van der Waals surface area contributed by atoms with Gasteiger partial charge < -0.3 is 5.73 Å². The molecular weight excluding hydrogens is 192 g/mol. The highest BCUT2D eigenvalue weighted by molar-refractivity contribution is 7.98. The smallest absolute Gasteiger partial charge is 0.0539 e. The molecule has 1 aromatic rings. The normalized spacial score (nSPS) is 10.9. The lowest BCUT2D eigenvalue weighted by atomic mass is 10.3. The van der Waals surface area contributed by atoms with Crippen molar-refractivity contribution in [2.45, 2.75) is 26.1 Å². The summed E-state index contributed by atoms with van der Waals surface area (Å²) in [5, 5.41) is 0. The van der Waals surface area contributed by atoms with Crippen LogP contribution in [0.15, 0.2) is 18.3 Å². The van der Waals surface area contributed by atoms with E-state index in [1.54, 1.807) is 0 Å². The number of thioether (sulfide) groups is 1. The maximum atomic E-state index is 5.47. The third-order valence-electron chi connectivity index (χ3n) is 1.82. The summed E-state index contributed by atoms with van der Waals surface area (Å²) < 4.78 is 0. The molecule has 0 bridgehead atoms. The Morgan fingerprint density at radius 1 is 1.43 bits per heavy atom. The molecule has 78 valence electrons. The lowest BCUT2D eigenvalue weighted by Gasteiger charge is -2.04. The van der Waals surface area contributed by atoms with Crippen molar-refractivity contribution in [3.8, 4) is 0 Å². The van der Waals surface area contributed by atoms with Crippen LogP contribution < -0.4 is 5.73 Å². The first-order valence-corrected chi connectivity index (χ1v) is 6.09. The van der Waals surface area contributed by atoms with Gasteiger partial charge in [-0.25, -0.2) is 0 Å². The van der Waals surface area contributed by atoms with Gasteiger partial charge in [0.25, 0.3) is 0 Å². The van der Waals surface area contributed by atoms with E-state index in [0.717, 1.165) is 17.4 Å². The Kier molecular flexibility index (Phi) is 4.98. The Hall–Kier alpha value is -0.540. The van der Waals surface area contributed by atoms with Crippen LogP contribution >= 0.6 is 11.8 Å². The van der Waals surface area contributed by atoms with Crippen molar-refractivity contribution in [3.63, 3.8) is 0 Å². The number of nitrogens with two attached hydrogens (primary N) is 1. The fourth-order valence-electron chi connectivity index (χ4n) is 1.07. The van der Waals surface area contributed by atoms with Crippen LogP contribution in [-0.2, 0) is 12.3 Å². The van der Waals surface area contributed by atoms with Gasteiger partial charge in [-0.05, 0) is 23.3 Å². The molecule has 0 saturated heterocycles. The van der Waals surface area contributed by atoms with Gasteiger partial charge in [0, 0.05) is 18.5 Å². The first-order valence-electron chi connectivity index (χ1n) is 4.94. The summed E-state index contributed by atoms with van der Waals surface area (Å²) in [4.78, 5) is 4.26. The number of hydrogen-bond acceptors (Lipinski definition) is 3. The monoisotopic (exact) mass is 210 g/mol. The summed E-state index contributed by atoms with van der Waals surface area (Å²) in [6.07, 6.45) is 1.93. The molecule has 0 amide bonds. The van der Waals surface area contributed by atoms with E-state index in [1.807, 2.05) is 24.0 Å². The Morgan fingerprint density at radius 2 is 2.21 bits per heavy atom. The second kappa shape index (κ2) is 6.04. The largest absolute Gasteiger partial charge is 0.325 e. The van der Waals surface area contributed by atoms with Gasteiger partial charge in [0.05, 0.1) is 5.69 Å². The van der Waals surface area contributed by atoms with E-state index in [1.165, 1.54) is 11.3 Å². The van der Waals surface area contributed by atoms with Crippen molar-refractivity contribution < 1.29 is 0 Å². The van der Waals surface area contributed by atoms with E-state index in [2.05, 4.69) is 24.9 Å². The van der Waals surface area contributed by atoms with Gasteiger partial charge in [0.1, 0.15) is 0 Å². The molecule has 2 nitrogen and oxygen atoms in total. The van der Waals surface area contributed by atoms with Crippen molar-refractivity contribution >= 4 is 11.8 Å². The molecule has 0 spiro atoms. The maximum absolute atomic E-state index is 5.47. The van der Waals surface area contributed by atoms with Crippen LogP contribution in [0.4, 0.5) is 0 Å². The number of rotatable bonds is 5. The first kappa shape index (κ1) is 11.5. The highest BCUT2D eigenvalue weighted by atomic mass is 32.2. The Balaban J connectivity index is 2.36. The minimum Gasteiger partial charge on any atom is -0.325 e. The molecule has 0 atom stereocenters. The highest BCUT2D eigenvalue weighted by Crippen LogP contribution is 2.14. The molecule has 0 radical (unpaired) electrons. The summed E-state index contributed by atoms with van der Waals surface area (Å²) in [7, 11) is 0. The third kappa shape index (κ3) is 4.11. The second-order valence-corrected chi connectivity index (χ2v) is 4.80. The fraction of sp³-hybridized carbons (Fsp3) is 0.545. The van der Waals surface area contributed by atoms with Crippen molar-refractivity contribution in [1.82, 2.24) is 4.98 Å². The van der Waals surface area contributed by atoms with Crippen molar-refractivity contribution in [2.24, 2.45) is 11.7 Å². The average molecular weight is 210 g/mol. The molecular formula is C11H18N2S. The molecule has 0 saturated carbocycles. The lowest BCUT2D eigenvalue weighted by molar-refractivity contribution is 0.750. The minimum absolute atomic E-state index is 0.527. The molecule has 0 aliphatic rings. The molecule has 2 N–H and O–H groups in total. The number of hydrogen-bond donors (Lipinski definition) is 1. The molecule has 0 unspecified atom stereocenters. The quantitative estimate of drug-likeness (QED) is 0.811. The zero-order valence-electron chi connectivity index (χ0n) is 8.86. The van der Waals surface area contributed by atoms with E-state index in [9.17, 15) is 0 Å². The van der Waals surface area contributed by atoms with Gasteiger partial charge in [-0.1, -0.05) is 19.9 Å². The van der Waals surface area contributed by atoms with Gasteiger partial charge in [-0.3, -0.25) is 4.98 Å². The fourth-order valence-corrected chi connectivity index (χ4v) is 2.07. The van der Waals surface area contributed by atoms with Gasteiger partial charge in [0.2, 0.25) is 0 Å². The number of nitrogens with zero attached hydrogens (tertiary/aromatic N) is 1. The Morgan fingerprint density at radius 3 is 2.71 bits per heavy atom. The summed E-state index contributed by atoms with van der Waals surface area (Å²) >= 11 is 1.96. The van der Waals surface area contributed by atoms with Crippen molar-refractivity contribution in [2.75, 3.05) is 5.75 Å². The number of aromatic nitrogens is 1. The van der Waals surface area contributed by atoms with Gasteiger partial charge >= 0.3 is 0 Å². The Bertz CT molecular complexity index is 256. The van der Waals surface area contributed by atoms with Crippen LogP contribution in [-0.4, -0.2) is 10.7 Å². The molecule has 1 aromatic heterocycles. The molecule has 0 aliphatic carbocycles. The molecule has 1 heterocycles. The zero-order valence-corrected chi connectivity index (χ0v) is 9.68. The topological polar surface area (TPSA) is 38.9 Å². The maximum Gasteiger partial charge on any atom is 0.0539 e. The average Bonchev–Trinajstić information content (AvgIpc) is 2.18. The molecule has 14 heavy (non-hydrogen) atoms. The van der Waals surface area contributed by atoms with Crippen LogP contribution in [0.2, 0.25) is 0 Å². The summed E-state index contributed by atoms with van der Waals surface area (Å²) in [6, 6.07) is 4.12. The first-order chi connectivity index (χ1) is 6.72. The summed E-state index contributed by atoms with van der Waals surface area (Å²) in [5.74, 6) is 3.02. The predicted octanol–water partition coefficient (Wildman–Crippen LogP) is 2.43. The molecule has 0 fully saturated rings. The molecule has 3 heteroatoms. The van der Waals surface area contributed by atoms with E-state index in [4.69, 9.17) is 5.73 Å². The van der Waals surface area contributed by atoms with Crippen LogP contribution in [0.5, 0.6) is 0 Å². The minimum atomic E-state index is 0.527. The standard InChI is InChI=1S/C11H18N2S/c1-9(2)7-14-8-10-3-4-11(5-12)13-6-10/h3-4,6,9H,5,7-8,12H2,1-2H3. The third-order valence-corrected chi connectivity index (χ3v) is 3.25. The van der Waals surface area contributed by atoms with Gasteiger partial charge in [-0.2, -0.15) is 11.8 Å². The van der Waals surface area contributed by atoms with E-state index >= 15 is 0 Å². The van der Waals surface area contributed by atoms with Crippen LogP contribution in [0.1, 0.15) is 25.1 Å². The van der Waals surface area contributed by atoms with Crippen LogP contribution in [0.3, 0.4) is 0 Å². The Labute approximate surface area is 90.3 Å². The zero-order chi connectivity index (χ0) is 10.4. The van der Waals surface area contributed by atoms with E-state index < -0.39 is 0 Å². The van der Waals surface area contributed by atoms with Gasteiger partial charge in [0.15, 0.2) is 0 Å². The van der Waals surface area contributed by atoms with Crippen molar-refractivity contribution in [3.05, 3.63) is 29.6 Å². The second-order valence-electron chi connectivity index (χ2n) is 3.77. The summed E-state index contributed by atoms with van der Waals surface area (Å²) in [6.45, 7) is 5.00. The molecule has 0 aromatic carbocycles. The van der Waals surface area contributed by atoms with Gasteiger partial charge in [-0.15, -0.1) is 0 Å². The number of pyridine rings is 1. The lowest BCUT2D eigenvalue weighted by Crippen LogP contribution is -1.99. The molecule has 1 rings (SSSR count). The molecule has 0 aliphatic heterocycles. The highest BCUT2D eigenvalue weighted by Gasteiger charge is 1.97. The van der Waals surface area contributed by atoms with E-state index in [0.29, 0.717) is 6.54 Å². The predicted molar refractivity (Wildman–Crippen MR) is 63.1 cm³/mol. The van der Waals surface area contributed by atoms with Crippen LogP contribution in [0.25, 0.3) is 0 Å². The van der Waals surface area contributed by atoms with Crippen LogP contribution in [0, 0.1) is 5.92 Å². The van der Waals surface area contributed by atoms with Crippen molar-refractivity contribution in [1.29, 1.82) is 0 Å². The SMILES string of the molecule is CC(C)CSCc1ccc(CN)nc1. The summed E-state index contributed by atoms with van der Waals surface area (Å²) in [5.41, 5.74) is 7.72.